The molecule has 0 aliphatic carbocycles. The van der Waals surface area contributed by atoms with Gasteiger partial charge in [-0.2, -0.15) is 0 Å². The van der Waals surface area contributed by atoms with E-state index in [9.17, 15) is 14.9 Å². The number of rotatable bonds is 3. The Bertz CT molecular complexity index is 772. The van der Waals surface area contributed by atoms with Crippen molar-refractivity contribution in [3.63, 3.8) is 0 Å². The van der Waals surface area contributed by atoms with Crippen LogP contribution in [0.25, 0.3) is 0 Å². The second-order valence-corrected chi connectivity index (χ2v) is 6.43. The Morgan fingerprint density at radius 3 is 2.28 bits per heavy atom. The normalized spacial score (nSPS) is 17.4. The lowest BCUT2D eigenvalue weighted by Gasteiger charge is -2.41. The van der Waals surface area contributed by atoms with Gasteiger partial charge in [0.15, 0.2) is 0 Å². The zero-order valence-corrected chi connectivity index (χ0v) is 14.4. The van der Waals surface area contributed by atoms with E-state index in [1.54, 1.807) is 0 Å². The molecule has 1 amide bonds. The highest BCUT2D eigenvalue weighted by Gasteiger charge is 2.27. The van der Waals surface area contributed by atoms with Crippen LogP contribution in [0.4, 0.5) is 11.4 Å². The maximum Gasteiger partial charge on any atom is 0.269 e. The molecule has 130 valence electrons. The van der Waals surface area contributed by atoms with Gasteiger partial charge in [-0.3, -0.25) is 14.9 Å². The van der Waals surface area contributed by atoms with Crippen LogP contribution in [0.2, 0.25) is 0 Å². The predicted octanol–water partition coefficient (Wildman–Crippen LogP) is 3.25. The number of nitro groups is 1. The summed E-state index contributed by atoms with van der Waals surface area (Å²) in [5.74, 6) is -0.0784. The minimum Gasteiger partial charge on any atom is -0.365 e. The molecule has 0 bridgehead atoms. The number of non-ortho nitro benzene ring substituents is 1. The highest BCUT2D eigenvalue weighted by Crippen LogP contribution is 2.22. The van der Waals surface area contributed by atoms with E-state index in [-0.39, 0.29) is 17.6 Å². The van der Waals surface area contributed by atoms with Gasteiger partial charge in [-0.1, -0.05) is 17.7 Å². The maximum absolute atomic E-state index is 12.7. The van der Waals surface area contributed by atoms with E-state index in [4.69, 9.17) is 0 Å². The van der Waals surface area contributed by atoms with Crippen molar-refractivity contribution in [2.24, 2.45) is 0 Å². The van der Waals surface area contributed by atoms with Gasteiger partial charge >= 0.3 is 0 Å². The summed E-state index contributed by atoms with van der Waals surface area (Å²) in [6, 6.07) is 14.4. The van der Waals surface area contributed by atoms with E-state index in [1.807, 2.05) is 4.90 Å². The first-order chi connectivity index (χ1) is 12.0. The molecule has 1 heterocycles. The van der Waals surface area contributed by atoms with Gasteiger partial charge in [0.05, 0.1) is 4.92 Å². The minimum absolute atomic E-state index is 0.00546. The van der Waals surface area contributed by atoms with Crippen LogP contribution in [0.5, 0.6) is 0 Å². The van der Waals surface area contributed by atoms with Crippen molar-refractivity contribution in [2.75, 3.05) is 24.5 Å². The number of nitro benzene ring substituents is 1. The highest BCUT2D eigenvalue weighted by molar-refractivity contribution is 5.94. The Hall–Kier alpha value is -2.89. The third kappa shape index (κ3) is 3.63. The first kappa shape index (κ1) is 17.0. The molecular formula is C19H21N3O3. The van der Waals surface area contributed by atoms with Gasteiger partial charge < -0.3 is 9.80 Å². The summed E-state index contributed by atoms with van der Waals surface area (Å²) in [5.41, 5.74) is 2.87. The van der Waals surface area contributed by atoms with E-state index >= 15 is 0 Å². The van der Waals surface area contributed by atoms with E-state index in [0.29, 0.717) is 18.7 Å². The van der Waals surface area contributed by atoms with Gasteiger partial charge in [0.25, 0.3) is 11.6 Å². The number of nitrogens with zero attached hydrogens (tertiary/aromatic N) is 3. The Morgan fingerprint density at radius 2 is 1.72 bits per heavy atom. The largest absolute Gasteiger partial charge is 0.365 e. The van der Waals surface area contributed by atoms with Crippen molar-refractivity contribution in [3.8, 4) is 0 Å². The fraction of sp³-hybridized carbons (Fsp3) is 0.316. The van der Waals surface area contributed by atoms with Crippen molar-refractivity contribution in [1.29, 1.82) is 0 Å². The molecule has 0 spiro atoms. The van der Waals surface area contributed by atoms with Crippen molar-refractivity contribution in [2.45, 2.75) is 19.9 Å². The van der Waals surface area contributed by atoms with Crippen molar-refractivity contribution in [3.05, 3.63) is 69.8 Å². The lowest BCUT2D eigenvalue weighted by atomic mass is 10.1. The van der Waals surface area contributed by atoms with Gasteiger partial charge in [0, 0.05) is 49.1 Å². The van der Waals surface area contributed by atoms with E-state index in [0.717, 1.165) is 6.54 Å². The number of benzene rings is 2. The molecule has 0 saturated carbocycles. The number of hydrogen-bond acceptors (Lipinski definition) is 4. The summed E-state index contributed by atoms with van der Waals surface area (Å²) in [5, 5.41) is 10.7. The quantitative estimate of drug-likeness (QED) is 0.636. The molecular weight excluding hydrogens is 318 g/mol. The molecule has 1 saturated heterocycles. The van der Waals surface area contributed by atoms with Crippen LogP contribution in [-0.2, 0) is 0 Å². The summed E-state index contributed by atoms with van der Waals surface area (Å²) in [6.45, 7) is 6.20. The van der Waals surface area contributed by atoms with Crippen molar-refractivity contribution in [1.82, 2.24) is 4.90 Å². The maximum atomic E-state index is 12.7. The Morgan fingerprint density at radius 1 is 1.08 bits per heavy atom. The van der Waals surface area contributed by atoms with Crippen LogP contribution in [0.15, 0.2) is 48.5 Å². The molecule has 1 fully saturated rings. The zero-order chi connectivity index (χ0) is 18.0. The predicted molar refractivity (Wildman–Crippen MR) is 97.0 cm³/mol. The smallest absolute Gasteiger partial charge is 0.269 e. The number of aryl methyl sites for hydroxylation is 1. The molecule has 0 aromatic heterocycles. The molecule has 1 aliphatic rings. The van der Waals surface area contributed by atoms with Crippen LogP contribution in [0, 0.1) is 17.0 Å². The molecule has 6 heteroatoms. The van der Waals surface area contributed by atoms with Gasteiger partial charge in [0.2, 0.25) is 0 Å². The van der Waals surface area contributed by atoms with Crippen molar-refractivity contribution < 1.29 is 9.72 Å². The van der Waals surface area contributed by atoms with Crippen LogP contribution < -0.4 is 4.90 Å². The summed E-state index contributed by atoms with van der Waals surface area (Å²) in [4.78, 5) is 27.0. The highest BCUT2D eigenvalue weighted by atomic mass is 16.6. The number of anilines is 1. The molecule has 0 radical (unpaired) electrons. The Balaban J connectivity index is 1.68. The lowest BCUT2D eigenvalue weighted by molar-refractivity contribution is -0.384. The molecule has 1 aliphatic heterocycles. The van der Waals surface area contributed by atoms with Gasteiger partial charge in [-0.15, -0.1) is 0 Å². The molecule has 6 nitrogen and oxygen atoms in total. The summed E-state index contributed by atoms with van der Waals surface area (Å²) < 4.78 is 0. The van der Waals surface area contributed by atoms with Crippen LogP contribution in [-0.4, -0.2) is 41.4 Å². The zero-order valence-electron chi connectivity index (χ0n) is 14.4. The molecule has 0 unspecified atom stereocenters. The van der Waals surface area contributed by atoms with E-state index < -0.39 is 4.92 Å². The fourth-order valence-corrected chi connectivity index (χ4v) is 3.17. The fourth-order valence-electron chi connectivity index (χ4n) is 3.17. The van der Waals surface area contributed by atoms with Crippen LogP contribution in [0.1, 0.15) is 22.8 Å². The summed E-state index contributed by atoms with van der Waals surface area (Å²) >= 11 is 0. The van der Waals surface area contributed by atoms with E-state index in [2.05, 4.69) is 43.0 Å². The molecule has 1 atom stereocenters. The molecule has 2 aromatic rings. The third-order valence-electron chi connectivity index (χ3n) is 4.61. The summed E-state index contributed by atoms with van der Waals surface area (Å²) in [6.07, 6.45) is 0. The van der Waals surface area contributed by atoms with Gasteiger partial charge in [0.1, 0.15) is 0 Å². The molecule has 25 heavy (non-hydrogen) atoms. The van der Waals surface area contributed by atoms with Gasteiger partial charge in [-0.05, 0) is 38.1 Å². The van der Waals surface area contributed by atoms with Crippen LogP contribution >= 0.6 is 0 Å². The number of carbonyl (C=O) groups is 1. The van der Waals surface area contributed by atoms with E-state index in [1.165, 1.54) is 35.5 Å². The molecule has 3 rings (SSSR count). The SMILES string of the molecule is Cc1ccc(N2CCN(C(=O)c3ccc([N+](=O)[O-])cc3)C[C@H]2C)cc1. The standard InChI is InChI=1S/C19H21N3O3/c1-14-3-7-17(8-4-14)21-12-11-20(13-15(21)2)19(23)16-5-9-18(10-6-16)22(24)25/h3-10,15H,11-13H2,1-2H3/t15-/m1/s1. The topological polar surface area (TPSA) is 66.7 Å². The Labute approximate surface area is 146 Å². The second kappa shape index (κ2) is 6.93. The minimum atomic E-state index is -0.462. The number of piperazine rings is 1. The van der Waals surface area contributed by atoms with Crippen LogP contribution in [0.3, 0.4) is 0 Å². The average molecular weight is 339 g/mol. The summed E-state index contributed by atoms with van der Waals surface area (Å²) in [7, 11) is 0. The molecule has 2 aromatic carbocycles. The first-order valence-electron chi connectivity index (χ1n) is 8.33. The number of amides is 1. The second-order valence-electron chi connectivity index (χ2n) is 6.43. The lowest BCUT2D eigenvalue weighted by Crippen LogP contribution is -2.53. The third-order valence-corrected chi connectivity index (χ3v) is 4.61. The Kier molecular flexibility index (Phi) is 4.70. The van der Waals surface area contributed by atoms with Crippen molar-refractivity contribution >= 4 is 17.3 Å². The first-order valence-corrected chi connectivity index (χ1v) is 8.33. The average Bonchev–Trinajstić information content (AvgIpc) is 2.62. The molecule has 0 N–H and O–H groups in total. The number of carbonyl (C=O) groups excluding carboxylic acids is 1. The monoisotopic (exact) mass is 339 g/mol. The number of hydrogen-bond donors (Lipinski definition) is 0. The van der Waals surface area contributed by atoms with Gasteiger partial charge in [-0.25, -0.2) is 0 Å².